The minimum absolute atomic E-state index is 0.0641. The van der Waals surface area contributed by atoms with Crippen molar-refractivity contribution in [3.8, 4) is 0 Å². The highest BCUT2D eigenvalue weighted by Gasteiger charge is 2.16. The number of nitrogen functional groups attached to an aromatic ring is 1. The van der Waals surface area contributed by atoms with Gasteiger partial charge in [-0.3, -0.25) is 9.69 Å². The summed E-state index contributed by atoms with van der Waals surface area (Å²) in [6.07, 6.45) is 0.962. The van der Waals surface area contributed by atoms with Crippen molar-refractivity contribution >= 4 is 22.4 Å². The average molecular weight is 227 g/mol. The highest BCUT2D eigenvalue weighted by molar-refractivity contribution is 7.09. The van der Waals surface area contributed by atoms with E-state index in [0.29, 0.717) is 18.1 Å². The van der Waals surface area contributed by atoms with Gasteiger partial charge in [-0.25, -0.2) is 0 Å². The molecule has 1 amide bonds. The number of carbonyl (C=O) groups is 1. The van der Waals surface area contributed by atoms with Gasteiger partial charge in [-0.2, -0.15) is 0 Å². The maximum absolute atomic E-state index is 11.3. The van der Waals surface area contributed by atoms with Gasteiger partial charge in [0, 0.05) is 31.2 Å². The SMILES string of the molecule is Nc1snnc1CN1CCCNC(=O)C1. The van der Waals surface area contributed by atoms with Gasteiger partial charge in [0.2, 0.25) is 5.91 Å². The number of anilines is 1. The predicted molar refractivity (Wildman–Crippen MR) is 57.2 cm³/mol. The molecule has 3 N–H and O–H groups in total. The molecular weight excluding hydrogens is 214 g/mol. The second-order valence-corrected chi connectivity index (χ2v) is 4.28. The summed E-state index contributed by atoms with van der Waals surface area (Å²) in [4.78, 5) is 13.3. The Bertz CT molecular complexity index is 353. The zero-order valence-electron chi connectivity index (χ0n) is 8.27. The van der Waals surface area contributed by atoms with Crippen molar-refractivity contribution in [2.45, 2.75) is 13.0 Å². The third-order valence-corrected chi connectivity index (χ3v) is 2.89. The number of carbonyl (C=O) groups excluding carboxylic acids is 1. The Hall–Kier alpha value is -1.21. The molecule has 1 aromatic heterocycles. The molecule has 1 fully saturated rings. The summed E-state index contributed by atoms with van der Waals surface area (Å²) >= 11 is 1.19. The molecule has 1 aliphatic heterocycles. The molecule has 2 heterocycles. The van der Waals surface area contributed by atoms with Gasteiger partial charge < -0.3 is 11.1 Å². The Morgan fingerprint density at radius 1 is 1.60 bits per heavy atom. The van der Waals surface area contributed by atoms with E-state index in [1.807, 2.05) is 4.90 Å². The molecule has 0 bridgehead atoms. The maximum atomic E-state index is 11.3. The van der Waals surface area contributed by atoms with Gasteiger partial charge in [0.25, 0.3) is 0 Å². The van der Waals surface area contributed by atoms with E-state index in [-0.39, 0.29) is 5.91 Å². The van der Waals surface area contributed by atoms with E-state index in [0.717, 1.165) is 25.2 Å². The smallest absolute Gasteiger partial charge is 0.234 e. The van der Waals surface area contributed by atoms with Crippen molar-refractivity contribution in [3.05, 3.63) is 5.69 Å². The normalized spacial score (nSPS) is 18.5. The number of amides is 1. The molecule has 1 aliphatic rings. The Kier molecular flexibility index (Phi) is 3.12. The molecular formula is C8H13N5OS. The fourth-order valence-corrected chi connectivity index (χ4v) is 1.98. The zero-order valence-corrected chi connectivity index (χ0v) is 9.09. The first kappa shape index (κ1) is 10.3. The molecule has 1 aromatic rings. The summed E-state index contributed by atoms with van der Waals surface area (Å²) in [6.45, 7) is 2.66. The van der Waals surface area contributed by atoms with Gasteiger partial charge in [-0.1, -0.05) is 4.49 Å². The van der Waals surface area contributed by atoms with Crippen LogP contribution < -0.4 is 11.1 Å². The van der Waals surface area contributed by atoms with Gasteiger partial charge in [-0.05, 0) is 6.42 Å². The number of hydrogen-bond acceptors (Lipinski definition) is 6. The molecule has 0 spiro atoms. The Balaban J connectivity index is 1.98. The van der Waals surface area contributed by atoms with E-state index in [1.54, 1.807) is 0 Å². The Morgan fingerprint density at radius 2 is 2.47 bits per heavy atom. The van der Waals surface area contributed by atoms with Crippen LogP contribution in [0.4, 0.5) is 5.00 Å². The lowest BCUT2D eigenvalue weighted by Crippen LogP contribution is -2.32. The largest absolute Gasteiger partial charge is 0.388 e. The molecule has 82 valence electrons. The van der Waals surface area contributed by atoms with Crippen molar-refractivity contribution in [3.63, 3.8) is 0 Å². The van der Waals surface area contributed by atoms with Gasteiger partial charge in [0.15, 0.2) is 0 Å². The van der Waals surface area contributed by atoms with Crippen LogP contribution in [0.5, 0.6) is 0 Å². The lowest BCUT2D eigenvalue weighted by molar-refractivity contribution is -0.121. The summed E-state index contributed by atoms with van der Waals surface area (Å²) in [6, 6.07) is 0. The molecule has 0 radical (unpaired) electrons. The first-order chi connectivity index (χ1) is 7.25. The highest BCUT2D eigenvalue weighted by atomic mass is 32.1. The van der Waals surface area contributed by atoms with Crippen LogP contribution in [0.15, 0.2) is 0 Å². The van der Waals surface area contributed by atoms with Crippen molar-refractivity contribution in [2.24, 2.45) is 0 Å². The fraction of sp³-hybridized carbons (Fsp3) is 0.625. The average Bonchev–Trinajstić information content (AvgIpc) is 2.48. The number of nitrogens with zero attached hydrogens (tertiary/aromatic N) is 3. The first-order valence-corrected chi connectivity index (χ1v) is 5.59. The summed E-state index contributed by atoms with van der Waals surface area (Å²) < 4.78 is 3.77. The third kappa shape index (κ3) is 2.63. The second-order valence-electron chi connectivity index (χ2n) is 3.50. The summed E-state index contributed by atoms with van der Waals surface area (Å²) in [5.41, 5.74) is 6.47. The Labute approximate surface area is 91.6 Å². The molecule has 1 saturated heterocycles. The minimum atomic E-state index is 0.0641. The predicted octanol–water partition coefficient (Wildman–Crippen LogP) is -0.558. The van der Waals surface area contributed by atoms with Crippen LogP contribution in [0, 0.1) is 0 Å². The molecule has 15 heavy (non-hydrogen) atoms. The van der Waals surface area contributed by atoms with Crippen LogP contribution in [0.3, 0.4) is 0 Å². The van der Waals surface area contributed by atoms with E-state index in [9.17, 15) is 4.79 Å². The van der Waals surface area contributed by atoms with Gasteiger partial charge >= 0.3 is 0 Å². The van der Waals surface area contributed by atoms with Crippen LogP contribution in [-0.4, -0.2) is 40.0 Å². The van der Waals surface area contributed by atoms with Gasteiger partial charge in [0.05, 0.1) is 6.54 Å². The standard InChI is InChI=1S/C8H13N5OS/c9-8-6(11-12-15-8)4-13-3-1-2-10-7(14)5-13/h1-5,9H2,(H,10,14). The molecule has 0 aromatic carbocycles. The fourth-order valence-electron chi connectivity index (χ4n) is 1.54. The number of rotatable bonds is 2. The van der Waals surface area contributed by atoms with Crippen molar-refractivity contribution in [1.29, 1.82) is 0 Å². The van der Waals surface area contributed by atoms with E-state index in [4.69, 9.17) is 5.73 Å². The summed E-state index contributed by atoms with van der Waals surface area (Å²) in [7, 11) is 0. The van der Waals surface area contributed by atoms with E-state index in [2.05, 4.69) is 14.9 Å². The topological polar surface area (TPSA) is 84.1 Å². The second kappa shape index (κ2) is 4.54. The Morgan fingerprint density at radius 3 is 3.20 bits per heavy atom. The van der Waals surface area contributed by atoms with Crippen LogP contribution >= 0.6 is 11.5 Å². The quantitative estimate of drug-likeness (QED) is 0.707. The lowest BCUT2D eigenvalue weighted by atomic mass is 10.3. The molecule has 0 saturated carbocycles. The molecule has 0 atom stereocenters. The summed E-state index contributed by atoms with van der Waals surface area (Å²) in [5, 5.41) is 7.40. The number of hydrogen-bond donors (Lipinski definition) is 2. The molecule has 0 unspecified atom stereocenters. The molecule has 6 nitrogen and oxygen atoms in total. The van der Waals surface area contributed by atoms with Crippen molar-refractivity contribution < 1.29 is 4.79 Å². The van der Waals surface area contributed by atoms with E-state index >= 15 is 0 Å². The van der Waals surface area contributed by atoms with Gasteiger partial charge in [-0.15, -0.1) is 5.10 Å². The monoisotopic (exact) mass is 227 g/mol. The molecule has 7 heteroatoms. The van der Waals surface area contributed by atoms with Crippen molar-refractivity contribution in [1.82, 2.24) is 19.8 Å². The zero-order chi connectivity index (χ0) is 10.7. The number of aromatic nitrogens is 2. The molecule has 2 rings (SSSR count). The van der Waals surface area contributed by atoms with Crippen molar-refractivity contribution in [2.75, 3.05) is 25.4 Å². The van der Waals surface area contributed by atoms with Crippen LogP contribution in [0.25, 0.3) is 0 Å². The first-order valence-electron chi connectivity index (χ1n) is 4.81. The van der Waals surface area contributed by atoms with E-state index in [1.165, 1.54) is 11.5 Å². The van der Waals surface area contributed by atoms with Crippen LogP contribution in [0.2, 0.25) is 0 Å². The number of nitrogens with one attached hydrogen (secondary N) is 1. The molecule has 0 aliphatic carbocycles. The van der Waals surface area contributed by atoms with E-state index < -0.39 is 0 Å². The van der Waals surface area contributed by atoms with Crippen LogP contribution in [-0.2, 0) is 11.3 Å². The maximum Gasteiger partial charge on any atom is 0.234 e. The third-order valence-electron chi connectivity index (χ3n) is 2.30. The highest BCUT2D eigenvalue weighted by Crippen LogP contribution is 2.15. The number of nitrogens with two attached hydrogens (primary N) is 1. The minimum Gasteiger partial charge on any atom is -0.388 e. The summed E-state index contributed by atoms with van der Waals surface area (Å²) in [5.74, 6) is 0.0641. The van der Waals surface area contributed by atoms with Crippen LogP contribution in [0.1, 0.15) is 12.1 Å². The lowest BCUT2D eigenvalue weighted by Gasteiger charge is -2.16. The van der Waals surface area contributed by atoms with Gasteiger partial charge in [0.1, 0.15) is 10.7 Å².